The van der Waals surface area contributed by atoms with Crippen LogP contribution in [0.4, 0.5) is 29.5 Å². The number of benzene rings is 4. The van der Waals surface area contributed by atoms with Gasteiger partial charge in [0.1, 0.15) is 36.4 Å². The topological polar surface area (TPSA) is 89.4 Å². The molecule has 9 nitrogen and oxygen atoms in total. The van der Waals surface area contributed by atoms with E-state index in [0.717, 1.165) is 24.3 Å². The normalized spacial score (nSPS) is 13.4. The Morgan fingerprint density at radius 2 is 1.08 bits per heavy atom. The zero-order chi connectivity index (χ0) is 35.0. The molecule has 0 radical (unpaired) electrons. The van der Waals surface area contributed by atoms with Gasteiger partial charge < -0.3 is 0 Å². The van der Waals surface area contributed by atoms with Crippen molar-refractivity contribution in [2.24, 2.45) is 9.98 Å². The zero-order valence-electron chi connectivity index (χ0n) is 25.2. The fourth-order valence-electron chi connectivity index (χ4n) is 6.05. The van der Waals surface area contributed by atoms with Gasteiger partial charge >= 0.3 is 0 Å². The van der Waals surface area contributed by atoms with Gasteiger partial charge in [0.2, 0.25) is 11.9 Å². The van der Waals surface area contributed by atoms with Crippen molar-refractivity contribution in [1.29, 1.82) is 0 Å². The Kier molecular flexibility index (Phi) is 8.27. The zero-order valence-corrected chi connectivity index (χ0v) is 30.5. The molecule has 0 amide bonds. The Bertz CT molecular complexity index is 2270. The fraction of sp³-hybridized carbons (Fsp3) is 0.0909. The molecule has 2 aliphatic heterocycles. The predicted octanol–water partition coefficient (Wildman–Crippen LogP) is 8.55. The summed E-state index contributed by atoms with van der Waals surface area (Å²) in [5.74, 6) is -2.07. The van der Waals surface area contributed by atoms with Crippen molar-refractivity contribution in [1.82, 2.24) is 29.5 Å². The minimum atomic E-state index is -0.809. The van der Waals surface area contributed by atoms with Crippen LogP contribution in [0.1, 0.15) is 33.9 Å². The van der Waals surface area contributed by atoms with Crippen LogP contribution >= 0.6 is 61.7 Å². The molecule has 0 bridgehead atoms. The largest absolute Gasteiger partial charge is 0.281 e. The van der Waals surface area contributed by atoms with Crippen LogP contribution in [0.5, 0.6) is 0 Å². The monoisotopic (exact) mass is 891 g/mol. The van der Waals surface area contributed by atoms with Crippen LogP contribution in [-0.4, -0.2) is 48.0 Å². The molecule has 4 aromatic carbocycles. The van der Waals surface area contributed by atoms with Crippen molar-refractivity contribution in [3.05, 3.63) is 136 Å². The summed E-state index contributed by atoms with van der Waals surface area (Å²) >= 11 is 19.2. The highest BCUT2D eigenvalue weighted by molar-refractivity contribution is 14.1. The number of rotatable bonds is 4. The van der Waals surface area contributed by atoms with Crippen molar-refractivity contribution in [2.45, 2.75) is 13.1 Å². The molecule has 0 N–H and O–H groups in total. The maximum Gasteiger partial charge on any atom is 0.238 e. The first-order chi connectivity index (χ1) is 24.1. The minimum Gasteiger partial charge on any atom is -0.281 e. The van der Waals surface area contributed by atoms with Crippen molar-refractivity contribution in [3.63, 3.8) is 0 Å². The molecule has 17 heteroatoms. The van der Waals surface area contributed by atoms with Gasteiger partial charge in [-0.25, -0.2) is 17.6 Å². The molecule has 0 atom stereocenters. The second kappa shape index (κ2) is 12.5. The Morgan fingerprint density at radius 1 is 0.640 bits per heavy atom. The summed E-state index contributed by atoms with van der Waals surface area (Å²) in [6, 6.07) is 14.1. The quantitative estimate of drug-likeness (QED) is 0.131. The van der Waals surface area contributed by atoms with Crippen LogP contribution < -0.4 is 4.90 Å². The molecule has 0 fully saturated rings. The first kappa shape index (κ1) is 33.0. The van der Waals surface area contributed by atoms with Crippen LogP contribution in [-0.2, 0) is 13.1 Å². The fourth-order valence-corrected chi connectivity index (χ4v) is 7.33. The number of nitrogens with zero attached hydrogens (tertiary/aromatic N) is 9. The highest BCUT2D eigenvalue weighted by atomic mass is 127. The lowest BCUT2D eigenvalue weighted by atomic mass is 9.99. The number of aromatic nitrogens is 6. The number of hydrogen-bond acceptors (Lipinski definition) is 7. The first-order valence-corrected chi connectivity index (χ1v) is 17.3. The van der Waals surface area contributed by atoms with E-state index in [2.05, 4.69) is 46.3 Å². The third-order valence-electron chi connectivity index (χ3n) is 8.28. The Hall–Kier alpha value is -4.19. The van der Waals surface area contributed by atoms with Crippen molar-refractivity contribution in [3.8, 4) is 11.4 Å². The minimum absolute atomic E-state index is 0.000532. The summed E-state index contributed by atoms with van der Waals surface area (Å²) in [7, 11) is 1.68. The van der Waals surface area contributed by atoms with Gasteiger partial charge in [-0.15, -0.1) is 20.4 Å². The van der Waals surface area contributed by atoms with Crippen LogP contribution in [0.2, 0.25) is 10.0 Å². The standard InChI is InChI=1S/C33H17BrCl2F4IN9/c1-48(32-46-44-22-12-42-30(24-15(37)4-2-5-16(24)38)26-20(49(22)32)10-8-14(34)28(26)35)33-47-45-23-13-43-31(25-17(39)6-3-7-18(25)40)27-21(50(23)33)11-9-19(41)29(27)36/h2-11H,12-13H2,1H3. The predicted molar refractivity (Wildman–Crippen MR) is 193 cm³/mol. The Morgan fingerprint density at radius 3 is 1.56 bits per heavy atom. The van der Waals surface area contributed by atoms with E-state index in [4.69, 9.17) is 23.2 Å². The van der Waals surface area contributed by atoms with Gasteiger partial charge in [-0.3, -0.25) is 24.0 Å². The van der Waals surface area contributed by atoms with Crippen LogP contribution in [0, 0.1) is 26.8 Å². The van der Waals surface area contributed by atoms with Gasteiger partial charge in [-0.05, 0) is 87.1 Å². The SMILES string of the molecule is CN(c1nnc2n1-c1ccc(Br)c(Cl)c1C(c1c(F)cccc1F)=NC2)c1nnc2n1-c1ccc(I)c(Cl)c1C(c1c(F)cccc1F)=NC2. The Balaban J connectivity index is 1.31. The summed E-state index contributed by atoms with van der Waals surface area (Å²) in [5, 5.41) is 18.1. The second-order valence-corrected chi connectivity index (χ2v) is 13.9. The molecule has 0 unspecified atom stereocenters. The lowest BCUT2D eigenvalue weighted by Crippen LogP contribution is -2.21. The number of anilines is 2. The molecule has 50 heavy (non-hydrogen) atoms. The lowest BCUT2D eigenvalue weighted by molar-refractivity contribution is 0.578. The summed E-state index contributed by atoms with van der Waals surface area (Å²) in [5.41, 5.74) is 0.700. The van der Waals surface area contributed by atoms with Gasteiger partial charge in [0.15, 0.2) is 11.6 Å². The van der Waals surface area contributed by atoms with Crippen LogP contribution in [0.25, 0.3) is 11.4 Å². The van der Waals surface area contributed by atoms with Gasteiger partial charge in [0, 0.05) is 26.2 Å². The molecule has 0 aliphatic carbocycles. The second-order valence-electron chi connectivity index (χ2n) is 11.1. The first-order valence-electron chi connectivity index (χ1n) is 14.6. The average Bonchev–Trinajstić information content (AvgIpc) is 3.62. The van der Waals surface area contributed by atoms with E-state index in [9.17, 15) is 0 Å². The van der Waals surface area contributed by atoms with Gasteiger partial charge in [-0.2, -0.15) is 0 Å². The van der Waals surface area contributed by atoms with Crippen LogP contribution in [0.3, 0.4) is 0 Å². The Labute approximate surface area is 312 Å². The maximum absolute atomic E-state index is 15.2. The van der Waals surface area contributed by atoms with Gasteiger partial charge in [-0.1, -0.05) is 35.3 Å². The van der Waals surface area contributed by atoms with Crippen LogP contribution in [0.15, 0.2) is 75.1 Å². The molecule has 2 aromatic heterocycles. The highest BCUT2D eigenvalue weighted by Crippen LogP contribution is 2.40. The molecule has 2 aliphatic rings. The third-order valence-corrected chi connectivity index (χ3v) is 11.2. The van der Waals surface area contributed by atoms with Gasteiger partial charge in [0.25, 0.3) is 0 Å². The molecule has 0 saturated carbocycles. The van der Waals surface area contributed by atoms with Crippen molar-refractivity contribution < 1.29 is 17.6 Å². The van der Waals surface area contributed by atoms with E-state index < -0.39 is 23.3 Å². The van der Waals surface area contributed by atoms with E-state index in [0.29, 0.717) is 31.1 Å². The van der Waals surface area contributed by atoms with E-state index >= 15 is 17.6 Å². The molecular formula is C33H17BrCl2F4IN9. The van der Waals surface area contributed by atoms with Crippen molar-refractivity contribution >= 4 is 85.0 Å². The third kappa shape index (κ3) is 5.07. The molecular weight excluding hydrogens is 876 g/mol. The molecule has 250 valence electrons. The lowest BCUT2D eigenvalue weighted by Gasteiger charge is -2.22. The maximum atomic E-state index is 15.2. The smallest absolute Gasteiger partial charge is 0.238 e. The summed E-state index contributed by atoms with van der Waals surface area (Å²) in [6.45, 7) is -0.200. The summed E-state index contributed by atoms with van der Waals surface area (Å²) < 4.78 is 65.2. The molecule has 0 spiro atoms. The van der Waals surface area contributed by atoms with Crippen molar-refractivity contribution in [2.75, 3.05) is 11.9 Å². The summed E-state index contributed by atoms with van der Waals surface area (Å²) in [6.07, 6.45) is 0. The number of halogens is 8. The molecule has 8 rings (SSSR count). The number of hydrogen-bond donors (Lipinski definition) is 0. The van der Waals surface area contributed by atoms with Gasteiger partial charge in [0.05, 0.1) is 44.0 Å². The highest BCUT2D eigenvalue weighted by Gasteiger charge is 2.34. The summed E-state index contributed by atoms with van der Waals surface area (Å²) in [4.78, 5) is 10.8. The van der Waals surface area contributed by atoms with E-state index in [1.807, 2.05) is 22.6 Å². The van der Waals surface area contributed by atoms with E-state index in [1.54, 1.807) is 45.3 Å². The average molecular weight is 893 g/mol. The van der Waals surface area contributed by atoms with E-state index in [1.165, 1.54) is 12.1 Å². The van der Waals surface area contributed by atoms with E-state index in [-0.39, 0.29) is 68.7 Å². The molecule has 6 aromatic rings. The molecule has 4 heterocycles. The number of fused-ring (bicyclic) bond motifs is 6. The molecule has 0 saturated heterocycles. The number of aliphatic imine (C=N–C) groups is 2.